The fourth-order valence-electron chi connectivity index (χ4n) is 3.05. The van der Waals surface area contributed by atoms with Crippen molar-refractivity contribution in [3.05, 3.63) is 47.2 Å². The molecule has 1 aliphatic heterocycles. The third-order valence-corrected chi connectivity index (χ3v) is 4.60. The molecule has 2 aromatic carbocycles. The fraction of sp³-hybridized carbons (Fsp3) is 0.333. The van der Waals surface area contributed by atoms with E-state index in [2.05, 4.69) is 18.8 Å². The molecule has 0 atom stereocenters. The summed E-state index contributed by atoms with van der Waals surface area (Å²) in [6, 6.07) is 8.73. The van der Waals surface area contributed by atoms with Gasteiger partial charge in [0.1, 0.15) is 0 Å². The van der Waals surface area contributed by atoms with Crippen molar-refractivity contribution in [2.75, 3.05) is 35.0 Å². The van der Waals surface area contributed by atoms with Crippen molar-refractivity contribution in [2.45, 2.75) is 13.8 Å². The maximum absolute atomic E-state index is 12.5. The maximum atomic E-state index is 12.5. The second-order valence-corrected chi connectivity index (χ2v) is 7.37. The number of methoxy groups -OCH3 is 4. The Hall–Kier alpha value is -3.68. The Bertz CT molecular complexity index is 1030. The van der Waals surface area contributed by atoms with Crippen LogP contribution in [0.1, 0.15) is 25.0 Å². The molecular formula is C24H27NO7. The van der Waals surface area contributed by atoms with Crippen molar-refractivity contribution < 1.29 is 33.2 Å². The molecule has 0 spiro atoms. The molecule has 170 valence electrons. The van der Waals surface area contributed by atoms with Gasteiger partial charge in [0.15, 0.2) is 28.7 Å². The lowest BCUT2D eigenvalue weighted by atomic mass is 10.1. The molecule has 1 heterocycles. The molecule has 0 saturated carbocycles. The van der Waals surface area contributed by atoms with E-state index in [-0.39, 0.29) is 11.6 Å². The first kappa shape index (κ1) is 23.0. The monoisotopic (exact) mass is 441 g/mol. The normalized spacial score (nSPS) is 14.3. The molecule has 0 radical (unpaired) electrons. The zero-order chi connectivity index (χ0) is 23.3. The summed E-state index contributed by atoms with van der Waals surface area (Å²) in [5.74, 6) is 2.45. The van der Waals surface area contributed by atoms with Crippen LogP contribution in [0, 0.1) is 5.92 Å². The van der Waals surface area contributed by atoms with Gasteiger partial charge in [0, 0.05) is 5.56 Å². The maximum Gasteiger partial charge on any atom is 0.363 e. The van der Waals surface area contributed by atoms with Gasteiger partial charge in [-0.3, -0.25) is 0 Å². The average molecular weight is 441 g/mol. The quantitative estimate of drug-likeness (QED) is 0.428. The standard InChI is InChI=1S/C24H27NO7/c1-14(2)13-31-19-10-15(7-8-18(19)27-3)9-17-24(26)32-23(25-17)16-11-20(28-4)22(30-6)21(12-16)29-5/h7-12,14H,13H2,1-6H3. The highest BCUT2D eigenvalue weighted by atomic mass is 16.6. The number of carbonyl (C=O) groups excluding carboxylic acids is 1. The van der Waals surface area contributed by atoms with E-state index >= 15 is 0 Å². The zero-order valence-corrected chi connectivity index (χ0v) is 19.1. The van der Waals surface area contributed by atoms with Gasteiger partial charge in [0.25, 0.3) is 0 Å². The molecule has 0 saturated heterocycles. The Labute approximate surface area is 187 Å². The lowest BCUT2D eigenvalue weighted by molar-refractivity contribution is -0.129. The summed E-state index contributed by atoms with van der Waals surface area (Å²) in [6.07, 6.45) is 1.63. The first-order chi connectivity index (χ1) is 15.4. The van der Waals surface area contributed by atoms with Crippen LogP contribution < -0.4 is 23.7 Å². The number of rotatable bonds is 9. The summed E-state index contributed by atoms with van der Waals surface area (Å²) < 4.78 is 32.6. The zero-order valence-electron chi connectivity index (χ0n) is 19.1. The summed E-state index contributed by atoms with van der Waals surface area (Å²) in [7, 11) is 6.12. The molecule has 0 fully saturated rings. The van der Waals surface area contributed by atoms with Gasteiger partial charge in [-0.05, 0) is 41.8 Å². The fourth-order valence-corrected chi connectivity index (χ4v) is 3.05. The van der Waals surface area contributed by atoms with E-state index in [0.29, 0.717) is 46.8 Å². The Balaban J connectivity index is 1.95. The molecule has 8 heteroatoms. The van der Waals surface area contributed by atoms with Crippen LogP contribution in [0.4, 0.5) is 0 Å². The van der Waals surface area contributed by atoms with Crippen LogP contribution >= 0.6 is 0 Å². The highest BCUT2D eigenvalue weighted by molar-refractivity contribution is 6.13. The molecule has 0 unspecified atom stereocenters. The van der Waals surface area contributed by atoms with Crippen molar-refractivity contribution >= 4 is 17.9 Å². The van der Waals surface area contributed by atoms with E-state index in [4.69, 9.17) is 28.4 Å². The molecule has 0 aromatic heterocycles. The van der Waals surface area contributed by atoms with Crippen LogP contribution in [0.15, 0.2) is 41.0 Å². The molecule has 0 aliphatic carbocycles. The van der Waals surface area contributed by atoms with Crippen molar-refractivity contribution in [1.29, 1.82) is 0 Å². The van der Waals surface area contributed by atoms with E-state index < -0.39 is 5.97 Å². The summed E-state index contributed by atoms with van der Waals surface area (Å²) in [5, 5.41) is 0. The lowest BCUT2D eigenvalue weighted by Crippen LogP contribution is -2.07. The van der Waals surface area contributed by atoms with Gasteiger partial charge in [-0.15, -0.1) is 0 Å². The number of hydrogen-bond donors (Lipinski definition) is 0. The average Bonchev–Trinajstić information content (AvgIpc) is 3.16. The Kier molecular flexibility index (Phi) is 7.25. The Morgan fingerprint density at radius 3 is 2.12 bits per heavy atom. The van der Waals surface area contributed by atoms with Crippen molar-refractivity contribution in [2.24, 2.45) is 10.9 Å². The van der Waals surface area contributed by atoms with Crippen LogP contribution in [0.2, 0.25) is 0 Å². The molecule has 0 bridgehead atoms. The van der Waals surface area contributed by atoms with Crippen LogP contribution in [0.3, 0.4) is 0 Å². The van der Waals surface area contributed by atoms with Gasteiger partial charge < -0.3 is 28.4 Å². The number of nitrogens with zero attached hydrogens (tertiary/aromatic N) is 1. The first-order valence-electron chi connectivity index (χ1n) is 10.0. The largest absolute Gasteiger partial charge is 0.493 e. The van der Waals surface area contributed by atoms with E-state index in [9.17, 15) is 4.79 Å². The van der Waals surface area contributed by atoms with Gasteiger partial charge >= 0.3 is 5.97 Å². The Morgan fingerprint density at radius 1 is 0.906 bits per heavy atom. The molecule has 3 rings (SSSR count). The number of cyclic esters (lactones) is 1. The van der Waals surface area contributed by atoms with Crippen LogP contribution in [0.25, 0.3) is 6.08 Å². The minimum Gasteiger partial charge on any atom is -0.493 e. The van der Waals surface area contributed by atoms with Crippen LogP contribution in [0.5, 0.6) is 28.7 Å². The van der Waals surface area contributed by atoms with E-state index in [0.717, 1.165) is 5.56 Å². The lowest BCUT2D eigenvalue weighted by Gasteiger charge is -2.13. The number of carbonyl (C=O) groups is 1. The minimum absolute atomic E-state index is 0.144. The van der Waals surface area contributed by atoms with Crippen molar-refractivity contribution in [3.63, 3.8) is 0 Å². The van der Waals surface area contributed by atoms with Crippen LogP contribution in [-0.4, -0.2) is 46.9 Å². The molecule has 32 heavy (non-hydrogen) atoms. The number of aliphatic imine (C=N–C) groups is 1. The van der Waals surface area contributed by atoms with E-state index in [1.807, 2.05) is 6.07 Å². The predicted octanol–water partition coefficient (Wildman–Crippen LogP) is 4.10. The smallest absolute Gasteiger partial charge is 0.363 e. The van der Waals surface area contributed by atoms with Crippen molar-refractivity contribution in [3.8, 4) is 28.7 Å². The minimum atomic E-state index is -0.561. The van der Waals surface area contributed by atoms with Gasteiger partial charge in [0.2, 0.25) is 11.6 Å². The Morgan fingerprint density at radius 2 is 1.56 bits per heavy atom. The van der Waals surface area contributed by atoms with Gasteiger partial charge in [-0.1, -0.05) is 19.9 Å². The topological polar surface area (TPSA) is 84.8 Å². The van der Waals surface area contributed by atoms with Crippen LogP contribution in [-0.2, 0) is 9.53 Å². The van der Waals surface area contributed by atoms with Gasteiger partial charge in [0.05, 0.1) is 35.0 Å². The van der Waals surface area contributed by atoms with Gasteiger partial charge in [-0.25, -0.2) is 9.79 Å². The molecule has 8 nitrogen and oxygen atoms in total. The second-order valence-electron chi connectivity index (χ2n) is 7.37. The molecular weight excluding hydrogens is 414 g/mol. The molecule has 0 N–H and O–H groups in total. The molecule has 2 aromatic rings. The first-order valence-corrected chi connectivity index (χ1v) is 10.0. The van der Waals surface area contributed by atoms with E-state index in [1.165, 1.54) is 21.3 Å². The van der Waals surface area contributed by atoms with Gasteiger partial charge in [-0.2, -0.15) is 0 Å². The summed E-state index contributed by atoms with van der Waals surface area (Å²) in [5.41, 5.74) is 1.41. The summed E-state index contributed by atoms with van der Waals surface area (Å²) >= 11 is 0. The third kappa shape index (κ3) is 4.96. The number of esters is 1. The summed E-state index contributed by atoms with van der Waals surface area (Å²) in [6.45, 7) is 4.67. The number of hydrogen-bond acceptors (Lipinski definition) is 8. The predicted molar refractivity (Wildman–Crippen MR) is 120 cm³/mol. The number of ether oxygens (including phenoxy) is 6. The molecule has 1 aliphatic rings. The number of benzene rings is 2. The highest BCUT2D eigenvalue weighted by Gasteiger charge is 2.26. The second kappa shape index (κ2) is 10.1. The highest BCUT2D eigenvalue weighted by Crippen LogP contribution is 2.39. The summed E-state index contributed by atoms with van der Waals surface area (Å²) in [4.78, 5) is 16.8. The molecule has 0 amide bonds. The third-order valence-electron chi connectivity index (χ3n) is 4.60. The SMILES string of the molecule is COc1ccc(C=C2N=C(c3cc(OC)c(OC)c(OC)c3)OC2=O)cc1OCC(C)C. The van der Waals surface area contributed by atoms with E-state index in [1.54, 1.807) is 37.5 Å². The van der Waals surface area contributed by atoms with Crippen molar-refractivity contribution in [1.82, 2.24) is 0 Å².